The SMILES string of the molecule is O=C(NCc1ccc2c(c1)OCO2)C(=O)NC[C@@H]1OCCCN1S(=O)(=O)c1ccccc1. The highest BCUT2D eigenvalue weighted by atomic mass is 32.2. The number of nitrogens with one attached hydrogen (secondary N) is 2. The first kappa shape index (κ1) is 22.1. The molecular weight excluding hydrogens is 438 g/mol. The van der Waals surface area contributed by atoms with Crippen LogP contribution in [0.2, 0.25) is 0 Å². The van der Waals surface area contributed by atoms with Gasteiger partial charge in [-0.25, -0.2) is 8.42 Å². The molecule has 2 heterocycles. The first-order valence-electron chi connectivity index (χ1n) is 10.1. The van der Waals surface area contributed by atoms with Crippen LogP contribution in [-0.2, 0) is 30.9 Å². The van der Waals surface area contributed by atoms with E-state index < -0.39 is 28.1 Å². The second-order valence-corrected chi connectivity index (χ2v) is 9.08. The molecule has 1 atom stereocenters. The van der Waals surface area contributed by atoms with Gasteiger partial charge < -0.3 is 24.8 Å². The lowest BCUT2D eigenvalue weighted by Crippen LogP contribution is -2.53. The lowest BCUT2D eigenvalue weighted by atomic mass is 10.2. The molecule has 2 aliphatic rings. The van der Waals surface area contributed by atoms with Crippen LogP contribution < -0.4 is 20.1 Å². The van der Waals surface area contributed by atoms with Crippen LogP contribution in [0, 0.1) is 0 Å². The fourth-order valence-electron chi connectivity index (χ4n) is 3.40. The molecule has 32 heavy (non-hydrogen) atoms. The van der Waals surface area contributed by atoms with Gasteiger partial charge in [0.1, 0.15) is 6.23 Å². The van der Waals surface area contributed by atoms with E-state index in [1.54, 1.807) is 36.4 Å². The van der Waals surface area contributed by atoms with Crippen molar-refractivity contribution in [2.75, 3.05) is 26.5 Å². The van der Waals surface area contributed by atoms with Crippen molar-refractivity contribution < 1.29 is 32.2 Å². The molecule has 1 fully saturated rings. The maximum absolute atomic E-state index is 13.0. The second-order valence-electron chi connectivity index (χ2n) is 7.19. The third-order valence-corrected chi connectivity index (χ3v) is 6.94. The van der Waals surface area contributed by atoms with Crippen molar-refractivity contribution in [3.8, 4) is 11.5 Å². The van der Waals surface area contributed by atoms with Gasteiger partial charge in [0.2, 0.25) is 16.8 Å². The standard InChI is InChI=1S/C21H23N3O7S/c25-20(22-12-15-7-8-17-18(11-15)31-14-30-17)21(26)23-13-19-24(9-4-10-29-19)32(27,28)16-5-2-1-3-6-16/h1-3,5-8,11,19H,4,9-10,12-14H2,(H,22,25)(H,23,26)/t19-/m0/s1. The molecule has 4 rings (SSSR count). The number of amides is 2. The van der Waals surface area contributed by atoms with E-state index in [0.29, 0.717) is 24.5 Å². The van der Waals surface area contributed by atoms with Gasteiger partial charge in [-0.3, -0.25) is 9.59 Å². The van der Waals surface area contributed by atoms with Gasteiger partial charge in [0, 0.05) is 13.1 Å². The quantitative estimate of drug-likeness (QED) is 0.604. The molecule has 170 valence electrons. The van der Waals surface area contributed by atoms with Gasteiger partial charge in [0.05, 0.1) is 18.0 Å². The summed E-state index contributed by atoms with van der Waals surface area (Å²) in [6.07, 6.45) is -0.369. The largest absolute Gasteiger partial charge is 0.454 e. The Morgan fingerprint density at radius 2 is 1.75 bits per heavy atom. The fourth-order valence-corrected chi connectivity index (χ4v) is 4.99. The minimum absolute atomic E-state index is 0.122. The highest BCUT2D eigenvalue weighted by Gasteiger charge is 2.34. The predicted molar refractivity (Wildman–Crippen MR) is 112 cm³/mol. The number of fused-ring (bicyclic) bond motifs is 1. The summed E-state index contributed by atoms with van der Waals surface area (Å²) in [6, 6.07) is 13.2. The molecule has 2 aromatic rings. The maximum Gasteiger partial charge on any atom is 0.309 e. The van der Waals surface area contributed by atoms with E-state index >= 15 is 0 Å². The molecule has 2 amide bonds. The predicted octanol–water partition coefficient (Wildman–Crippen LogP) is 0.585. The molecule has 2 aromatic carbocycles. The average Bonchev–Trinajstić information content (AvgIpc) is 3.29. The van der Waals surface area contributed by atoms with Crippen LogP contribution in [0.15, 0.2) is 53.4 Å². The Morgan fingerprint density at radius 1 is 1.00 bits per heavy atom. The fraction of sp³-hybridized carbons (Fsp3) is 0.333. The molecule has 2 N–H and O–H groups in total. The van der Waals surface area contributed by atoms with E-state index in [2.05, 4.69) is 10.6 Å². The molecule has 1 saturated heterocycles. The smallest absolute Gasteiger partial charge is 0.309 e. The number of benzene rings is 2. The maximum atomic E-state index is 13.0. The van der Waals surface area contributed by atoms with Gasteiger partial charge in [-0.1, -0.05) is 24.3 Å². The molecule has 0 aromatic heterocycles. The molecule has 0 unspecified atom stereocenters. The Morgan fingerprint density at radius 3 is 2.56 bits per heavy atom. The molecule has 0 radical (unpaired) electrons. The molecule has 10 nitrogen and oxygen atoms in total. The summed E-state index contributed by atoms with van der Waals surface area (Å²) in [5, 5.41) is 4.98. The van der Waals surface area contributed by atoms with Gasteiger partial charge in [0.15, 0.2) is 11.5 Å². The zero-order chi connectivity index (χ0) is 22.6. The van der Waals surface area contributed by atoms with Crippen LogP contribution in [0.4, 0.5) is 0 Å². The topological polar surface area (TPSA) is 123 Å². The van der Waals surface area contributed by atoms with Crippen molar-refractivity contribution in [1.29, 1.82) is 0 Å². The summed E-state index contributed by atoms with van der Waals surface area (Å²) in [4.78, 5) is 24.5. The van der Waals surface area contributed by atoms with E-state index in [9.17, 15) is 18.0 Å². The van der Waals surface area contributed by atoms with Gasteiger partial charge in [0.25, 0.3) is 0 Å². The van der Waals surface area contributed by atoms with E-state index in [1.165, 1.54) is 16.4 Å². The Hall–Kier alpha value is -3.15. The van der Waals surface area contributed by atoms with Crippen LogP contribution in [0.5, 0.6) is 11.5 Å². The number of hydrogen-bond donors (Lipinski definition) is 2. The number of nitrogens with zero attached hydrogens (tertiary/aromatic N) is 1. The first-order chi connectivity index (χ1) is 15.4. The van der Waals surface area contributed by atoms with Gasteiger partial charge >= 0.3 is 11.8 Å². The van der Waals surface area contributed by atoms with Crippen LogP contribution in [0.3, 0.4) is 0 Å². The zero-order valence-corrected chi connectivity index (χ0v) is 18.0. The molecule has 0 spiro atoms. The summed E-state index contributed by atoms with van der Waals surface area (Å²) in [6.45, 7) is 0.735. The van der Waals surface area contributed by atoms with Crippen molar-refractivity contribution in [2.24, 2.45) is 0 Å². The van der Waals surface area contributed by atoms with Crippen molar-refractivity contribution in [3.63, 3.8) is 0 Å². The highest BCUT2D eigenvalue weighted by Crippen LogP contribution is 2.32. The van der Waals surface area contributed by atoms with E-state index in [-0.39, 0.29) is 31.3 Å². The Bertz CT molecular complexity index is 1090. The number of sulfonamides is 1. The van der Waals surface area contributed by atoms with Crippen molar-refractivity contribution in [2.45, 2.75) is 24.1 Å². The molecule has 2 aliphatic heterocycles. The van der Waals surface area contributed by atoms with Crippen LogP contribution >= 0.6 is 0 Å². The Labute approximate surface area is 185 Å². The lowest BCUT2D eigenvalue weighted by molar-refractivity contribution is -0.140. The normalized spacial score (nSPS) is 18.2. The Kier molecular flexibility index (Phi) is 6.58. The van der Waals surface area contributed by atoms with Crippen molar-refractivity contribution in [3.05, 3.63) is 54.1 Å². The van der Waals surface area contributed by atoms with Crippen LogP contribution in [0.1, 0.15) is 12.0 Å². The molecular formula is C21H23N3O7S. The molecule has 0 aliphatic carbocycles. The lowest BCUT2D eigenvalue weighted by Gasteiger charge is -2.34. The van der Waals surface area contributed by atoms with Gasteiger partial charge in [-0.05, 0) is 36.2 Å². The number of hydrogen-bond acceptors (Lipinski definition) is 7. The first-order valence-corrected chi connectivity index (χ1v) is 11.5. The van der Waals surface area contributed by atoms with Crippen LogP contribution in [0.25, 0.3) is 0 Å². The van der Waals surface area contributed by atoms with E-state index in [0.717, 1.165) is 5.56 Å². The average molecular weight is 461 g/mol. The summed E-state index contributed by atoms with van der Waals surface area (Å²) >= 11 is 0. The number of ether oxygens (including phenoxy) is 3. The molecule has 0 bridgehead atoms. The number of carbonyl (C=O) groups excluding carboxylic acids is 2. The monoisotopic (exact) mass is 461 g/mol. The summed E-state index contributed by atoms with van der Waals surface area (Å²) in [5.74, 6) is -0.511. The molecule has 11 heteroatoms. The third-order valence-electron chi connectivity index (χ3n) is 5.04. The van der Waals surface area contributed by atoms with E-state index in [1.807, 2.05) is 0 Å². The number of rotatable bonds is 6. The zero-order valence-electron chi connectivity index (χ0n) is 17.2. The highest BCUT2D eigenvalue weighted by molar-refractivity contribution is 7.89. The van der Waals surface area contributed by atoms with Crippen molar-refractivity contribution in [1.82, 2.24) is 14.9 Å². The van der Waals surface area contributed by atoms with Gasteiger partial charge in [-0.15, -0.1) is 0 Å². The van der Waals surface area contributed by atoms with E-state index in [4.69, 9.17) is 14.2 Å². The molecule has 0 saturated carbocycles. The summed E-state index contributed by atoms with van der Waals surface area (Å²) < 4.78 is 43.2. The van der Waals surface area contributed by atoms with Crippen molar-refractivity contribution >= 4 is 21.8 Å². The Balaban J connectivity index is 1.32. The second kappa shape index (κ2) is 9.55. The third kappa shape index (κ3) is 4.85. The van der Waals surface area contributed by atoms with Crippen LogP contribution in [-0.4, -0.2) is 57.3 Å². The summed E-state index contributed by atoms with van der Waals surface area (Å²) in [7, 11) is -3.80. The minimum Gasteiger partial charge on any atom is -0.454 e. The number of carbonyl (C=O) groups is 2. The van der Waals surface area contributed by atoms with Gasteiger partial charge in [-0.2, -0.15) is 4.31 Å². The minimum atomic E-state index is -3.80. The summed E-state index contributed by atoms with van der Waals surface area (Å²) in [5.41, 5.74) is 0.742.